The van der Waals surface area contributed by atoms with Crippen molar-refractivity contribution in [3.8, 4) is 0 Å². The summed E-state index contributed by atoms with van der Waals surface area (Å²) in [7, 11) is 4.22. The first-order valence-corrected chi connectivity index (χ1v) is 6.64. The van der Waals surface area contributed by atoms with Crippen LogP contribution in [0.3, 0.4) is 0 Å². The highest BCUT2D eigenvalue weighted by Gasteiger charge is 2.18. The van der Waals surface area contributed by atoms with E-state index in [9.17, 15) is 0 Å². The van der Waals surface area contributed by atoms with Crippen LogP contribution in [0.1, 0.15) is 26.5 Å². The lowest BCUT2D eigenvalue weighted by Crippen LogP contribution is -2.34. The van der Waals surface area contributed by atoms with Crippen molar-refractivity contribution in [2.45, 2.75) is 27.2 Å². The smallest absolute Gasteiger partial charge is 0.182 e. The highest BCUT2D eigenvalue weighted by molar-refractivity contribution is 7.13. The summed E-state index contributed by atoms with van der Waals surface area (Å²) in [4.78, 5) is 6.73. The Balaban J connectivity index is 2.44. The van der Waals surface area contributed by atoms with Gasteiger partial charge in [-0.3, -0.25) is 0 Å². The van der Waals surface area contributed by atoms with Crippen molar-refractivity contribution < 1.29 is 0 Å². The van der Waals surface area contributed by atoms with Gasteiger partial charge in [-0.25, -0.2) is 4.98 Å². The van der Waals surface area contributed by atoms with Crippen molar-refractivity contribution >= 4 is 16.5 Å². The summed E-state index contributed by atoms with van der Waals surface area (Å²) in [6.07, 6.45) is 1.01. The Morgan fingerprint density at radius 1 is 1.44 bits per heavy atom. The molecule has 0 amide bonds. The van der Waals surface area contributed by atoms with Gasteiger partial charge in [-0.2, -0.15) is 0 Å². The minimum Gasteiger partial charge on any atom is -0.361 e. The molecule has 1 N–H and O–H groups in total. The molecule has 1 rings (SSSR count). The van der Waals surface area contributed by atoms with Crippen molar-refractivity contribution in [2.24, 2.45) is 5.41 Å². The fraction of sp³-hybridized carbons (Fsp3) is 0.750. The predicted octanol–water partition coefficient (Wildman–Crippen LogP) is 2.71. The van der Waals surface area contributed by atoms with Crippen LogP contribution in [0.4, 0.5) is 5.13 Å². The van der Waals surface area contributed by atoms with Crippen LogP contribution in [-0.4, -0.2) is 37.1 Å². The zero-order chi connectivity index (χ0) is 12.2. The van der Waals surface area contributed by atoms with Crippen LogP contribution in [0.15, 0.2) is 5.38 Å². The number of nitrogens with one attached hydrogen (secondary N) is 1. The molecule has 0 aromatic carbocycles. The van der Waals surface area contributed by atoms with E-state index in [0.29, 0.717) is 0 Å². The van der Waals surface area contributed by atoms with Gasteiger partial charge < -0.3 is 10.2 Å². The van der Waals surface area contributed by atoms with Crippen molar-refractivity contribution in [3.63, 3.8) is 0 Å². The molecule has 0 aliphatic rings. The number of aryl methyl sites for hydroxylation is 1. The number of hydrogen-bond donors (Lipinski definition) is 1. The average molecular weight is 241 g/mol. The second-order valence-corrected chi connectivity index (χ2v) is 6.11. The third-order valence-electron chi connectivity index (χ3n) is 2.38. The molecule has 0 spiro atoms. The predicted molar refractivity (Wildman–Crippen MR) is 72.3 cm³/mol. The molecule has 0 aliphatic heterocycles. The van der Waals surface area contributed by atoms with Gasteiger partial charge in [0.1, 0.15) is 0 Å². The van der Waals surface area contributed by atoms with Crippen molar-refractivity contribution in [2.75, 3.05) is 32.5 Å². The van der Waals surface area contributed by atoms with Crippen LogP contribution in [0.25, 0.3) is 0 Å². The number of nitrogens with zero attached hydrogens (tertiary/aromatic N) is 2. The topological polar surface area (TPSA) is 28.2 Å². The molecule has 0 bridgehead atoms. The zero-order valence-electron chi connectivity index (χ0n) is 11.0. The van der Waals surface area contributed by atoms with E-state index in [1.54, 1.807) is 11.3 Å². The van der Waals surface area contributed by atoms with E-state index in [-0.39, 0.29) is 5.41 Å². The minimum atomic E-state index is 0.265. The van der Waals surface area contributed by atoms with Gasteiger partial charge in [-0.1, -0.05) is 20.8 Å². The Morgan fingerprint density at radius 2 is 2.12 bits per heavy atom. The van der Waals surface area contributed by atoms with Crippen molar-refractivity contribution in [1.29, 1.82) is 0 Å². The Hall–Kier alpha value is -0.610. The number of anilines is 1. The quantitative estimate of drug-likeness (QED) is 0.830. The highest BCUT2D eigenvalue weighted by Crippen LogP contribution is 2.20. The van der Waals surface area contributed by atoms with E-state index in [4.69, 9.17) is 0 Å². The van der Waals surface area contributed by atoms with Gasteiger partial charge in [0.2, 0.25) is 0 Å². The second-order valence-electron chi connectivity index (χ2n) is 5.25. The molecule has 0 radical (unpaired) electrons. The maximum Gasteiger partial charge on any atom is 0.182 e. The molecule has 1 aromatic heterocycles. The molecule has 4 heteroatoms. The second kappa shape index (κ2) is 5.64. The van der Waals surface area contributed by atoms with Gasteiger partial charge in [0.15, 0.2) is 5.13 Å². The van der Waals surface area contributed by atoms with Crippen LogP contribution in [0.5, 0.6) is 0 Å². The van der Waals surface area contributed by atoms with E-state index in [1.165, 1.54) is 5.69 Å². The summed E-state index contributed by atoms with van der Waals surface area (Å²) in [5.74, 6) is 0. The molecule has 0 saturated carbocycles. The summed E-state index contributed by atoms with van der Waals surface area (Å²) in [6.45, 7) is 8.71. The Bertz CT molecular complexity index is 318. The van der Waals surface area contributed by atoms with Gasteiger partial charge in [0, 0.05) is 18.5 Å². The number of thiazole rings is 1. The average Bonchev–Trinajstić information content (AvgIpc) is 2.60. The lowest BCUT2D eigenvalue weighted by Gasteiger charge is -2.28. The van der Waals surface area contributed by atoms with Crippen LogP contribution in [-0.2, 0) is 6.42 Å². The van der Waals surface area contributed by atoms with Crippen molar-refractivity contribution in [3.05, 3.63) is 11.1 Å². The summed E-state index contributed by atoms with van der Waals surface area (Å²) in [6, 6.07) is 0. The minimum absolute atomic E-state index is 0.265. The molecule has 0 saturated heterocycles. The third-order valence-corrected chi connectivity index (χ3v) is 3.23. The van der Waals surface area contributed by atoms with Gasteiger partial charge in [0.25, 0.3) is 0 Å². The van der Waals surface area contributed by atoms with Gasteiger partial charge in [-0.15, -0.1) is 11.3 Å². The summed E-state index contributed by atoms with van der Waals surface area (Å²) >= 11 is 1.70. The lowest BCUT2D eigenvalue weighted by atomic mass is 9.93. The van der Waals surface area contributed by atoms with E-state index in [2.05, 4.69) is 55.4 Å². The first-order valence-electron chi connectivity index (χ1n) is 5.76. The molecule has 1 aromatic rings. The monoisotopic (exact) mass is 241 g/mol. The molecular formula is C12H23N3S. The molecule has 3 nitrogen and oxygen atoms in total. The fourth-order valence-electron chi connectivity index (χ4n) is 1.78. The fourth-order valence-corrected chi connectivity index (χ4v) is 2.57. The lowest BCUT2D eigenvalue weighted by molar-refractivity contribution is 0.254. The normalized spacial score (nSPS) is 12.1. The first kappa shape index (κ1) is 13.5. The number of hydrogen-bond acceptors (Lipinski definition) is 4. The van der Waals surface area contributed by atoms with Gasteiger partial charge >= 0.3 is 0 Å². The highest BCUT2D eigenvalue weighted by atomic mass is 32.1. The summed E-state index contributed by atoms with van der Waals surface area (Å²) < 4.78 is 0. The van der Waals surface area contributed by atoms with E-state index < -0.39 is 0 Å². The standard InChI is InChI=1S/C12H23N3S/c1-6-10-7-16-11(14-10)13-8-12(2,3)9-15(4)5/h7H,6,8-9H2,1-5H3,(H,13,14). The Morgan fingerprint density at radius 3 is 2.62 bits per heavy atom. The van der Waals surface area contributed by atoms with Crippen LogP contribution in [0, 0.1) is 5.41 Å². The van der Waals surface area contributed by atoms with E-state index in [0.717, 1.165) is 24.6 Å². The van der Waals surface area contributed by atoms with E-state index >= 15 is 0 Å². The molecule has 1 heterocycles. The van der Waals surface area contributed by atoms with Crippen molar-refractivity contribution in [1.82, 2.24) is 9.88 Å². The molecule has 16 heavy (non-hydrogen) atoms. The Kier molecular flexibility index (Phi) is 4.74. The van der Waals surface area contributed by atoms with E-state index in [1.807, 2.05) is 0 Å². The molecule has 0 unspecified atom stereocenters. The Labute approximate surface area is 103 Å². The van der Waals surface area contributed by atoms with Gasteiger partial charge in [-0.05, 0) is 25.9 Å². The molecule has 92 valence electrons. The zero-order valence-corrected chi connectivity index (χ0v) is 11.8. The molecule has 0 atom stereocenters. The molecule has 0 aliphatic carbocycles. The largest absolute Gasteiger partial charge is 0.361 e. The third kappa shape index (κ3) is 4.49. The number of rotatable bonds is 6. The van der Waals surface area contributed by atoms with Gasteiger partial charge in [0.05, 0.1) is 5.69 Å². The van der Waals surface area contributed by atoms with Crippen LogP contribution < -0.4 is 5.32 Å². The summed E-state index contributed by atoms with van der Waals surface area (Å²) in [5, 5.41) is 6.60. The first-order chi connectivity index (χ1) is 7.43. The molecular weight excluding hydrogens is 218 g/mol. The maximum absolute atomic E-state index is 4.50. The molecule has 0 fully saturated rings. The van der Waals surface area contributed by atoms with Crippen LogP contribution >= 0.6 is 11.3 Å². The number of aromatic nitrogens is 1. The van der Waals surface area contributed by atoms with Crippen LogP contribution in [0.2, 0.25) is 0 Å². The maximum atomic E-state index is 4.50. The SMILES string of the molecule is CCc1csc(NCC(C)(C)CN(C)C)n1. The summed E-state index contributed by atoms with van der Waals surface area (Å²) in [5.41, 5.74) is 1.44.